The first-order valence-electron chi connectivity index (χ1n) is 6.86. The number of rotatable bonds is 7. The minimum Gasteiger partial charge on any atom is -0.207 e. The van der Waals surface area contributed by atoms with Crippen molar-refractivity contribution in [2.75, 3.05) is 6.54 Å². The minimum absolute atomic E-state index is 0.429. The van der Waals surface area contributed by atoms with Crippen LogP contribution in [-0.2, 0) is 16.6 Å². The third-order valence-electron chi connectivity index (χ3n) is 3.00. The summed E-state index contributed by atoms with van der Waals surface area (Å²) < 4.78 is 26.4. The van der Waals surface area contributed by atoms with Gasteiger partial charge in [-0.1, -0.05) is 37.3 Å². The molecule has 0 N–H and O–H groups in total. The molecule has 5 heteroatoms. The van der Waals surface area contributed by atoms with Crippen LogP contribution < -0.4 is 0 Å². The van der Waals surface area contributed by atoms with Gasteiger partial charge < -0.3 is 0 Å². The topological polar surface area (TPSA) is 37.4 Å². The van der Waals surface area contributed by atoms with E-state index in [0.717, 1.165) is 17.5 Å². The van der Waals surface area contributed by atoms with Crippen LogP contribution in [0.15, 0.2) is 52.6 Å². The first-order valence-corrected chi connectivity index (χ1v) is 9.31. The Balaban J connectivity index is 2.15. The van der Waals surface area contributed by atoms with Crippen molar-refractivity contribution in [3.8, 4) is 0 Å². The monoisotopic (exact) mass is 321 g/mol. The van der Waals surface area contributed by atoms with Crippen LogP contribution in [0.2, 0.25) is 0 Å². The molecule has 0 unspecified atom stereocenters. The maximum atomic E-state index is 12.5. The Kier molecular flexibility index (Phi) is 5.73. The van der Waals surface area contributed by atoms with E-state index in [1.807, 2.05) is 54.1 Å². The van der Waals surface area contributed by atoms with Gasteiger partial charge in [0.2, 0.25) is 10.0 Å². The zero-order valence-electron chi connectivity index (χ0n) is 12.0. The molecule has 2 aromatic rings. The lowest BCUT2D eigenvalue weighted by Gasteiger charge is -2.19. The highest BCUT2D eigenvalue weighted by Crippen LogP contribution is 2.15. The Morgan fingerprint density at radius 2 is 1.95 bits per heavy atom. The number of hydrogen-bond donors (Lipinski definition) is 0. The van der Waals surface area contributed by atoms with E-state index in [1.54, 1.807) is 17.4 Å². The average Bonchev–Trinajstić information content (AvgIpc) is 2.99. The third-order valence-corrected chi connectivity index (χ3v) is 5.25. The number of hydrogen-bond acceptors (Lipinski definition) is 3. The van der Waals surface area contributed by atoms with Gasteiger partial charge in [-0.15, -0.1) is 0 Å². The van der Waals surface area contributed by atoms with E-state index in [0.29, 0.717) is 13.1 Å². The fourth-order valence-corrected chi connectivity index (χ4v) is 3.87. The van der Waals surface area contributed by atoms with Crippen molar-refractivity contribution in [2.24, 2.45) is 0 Å². The Morgan fingerprint density at radius 3 is 2.57 bits per heavy atom. The molecule has 1 aromatic heterocycles. The second-order valence-electron chi connectivity index (χ2n) is 4.72. The lowest BCUT2D eigenvalue weighted by atomic mass is 10.2. The molecule has 1 aromatic carbocycles. The van der Waals surface area contributed by atoms with Crippen LogP contribution >= 0.6 is 11.3 Å². The number of sulfonamides is 1. The van der Waals surface area contributed by atoms with Crippen molar-refractivity contribution in [2.45, 2.75) is 19.9 Å². The molecule has 0 aliphatic heterocycles. The maximum Gasteiger partial charge on any atom is 0.236 e. The molecule has 0 bridgehead atoms. The number of nitrogens with zero attached hydrogens (tertiary/aromatic N) is 1. The highest BCUT2D eigenvalue weighted by Gasteiger charge is 2.18. The van der Waals surface area contributed by atoms with Gasteiger partial charge in [0.1, 0.15) is 0 Å². The summed E-state index contributed by atoms with van der Waals surface area (Å²) in [5.41, 5.74) is 1.91. The predicted molar refractivity (Wildman–Crippen MR) is 89.4 cm³/mol. The largest absolute Gasteiger partial charge is 0.236 e. The fourth-order valence-electron chi connectivity index (χ4n) is 1.95. The van der Waals surface area contributed by atoms with Crippen molar-refractivity contribution in [1.29, 1.82) is 0 Å². The summed E-state index contributed by atoms with van der Waals surface area (Å²) in [5, 5.41) is 5.25. The van der Waals surface area contributed by atoms with Crippen molar-refractivity contribution in [3.63, 3.8) is 0 Å². The molecule has 0 amide bonds. The molecular formula is C16H19NO2S2. The summed E-state index contributed by atoms with van der Waals surface area (Å²) >= 11 is 1.58. The van der Waals surface area contributed by atoms with Gasteiger partial charge in [0, 0.05) is 18.5 Å². The smallest absolute Gasteiger partial charge is 0.207 e. The van der Waals surface area contributed by atoms with Crippen LogP contribution in [0.5, 0.6) is 0 Å². The third kappa shape index (κ3) is 4.81. The summed E-state index contributed by atoms with van der Waals surface area (Å²) in [6.07, 6.45) is 2.44. The highest BCUT2D eigenvalue weighted by atomic mass is 32.2. The van der Waals surface area contributed by atoms with E-state index in [4.69, 9.17) is 0 Å². The van der Waals surface area contributed by atoms with Gasteiger partial charge in [-0.2, -0.15) is 15.6 Å². The quantitative estimate of drug-likeness (QED) is 0.774. The molecule has 112 valence electrons. The Bertz CT molecular complexity index is 662. The van der Waals surface area contributed by atoms with Crippen LogP contribution in [0, 0.1) is 0 Å². The number of thiophene rings is 1. The van der Waals surface area contributed by atoms with E-state index in [2.05, 4.69) is 0 Å². The van der Waals surface area contributed by atoms with Crippen LogP contribution in [-0.4, -0.2) is 19.3 Å². The Hall–Kier alpha value is -1.43. The summed E-state index contributed by atoms with van der Waals surface area (Å²) in [6, 6.07) is 11.4. The van der Waals surface area contributed by atoms with Crippen LogP contribution in [0.4, 0.5) is 0 Å². The van der Waals surface area contributed by atoms with Gasteiger partial charge in [0.15, 0.2) is 0 Å². The van der Waals surface area contributed by atoms with E-state index in [-0.39, 0.29) is 0 Å². The summed E-state index contributed by atoms with van der Waals surface area (Å²) in [6.45, 7) is 2.94. The average molecular weight is 321 g/mol. The first-order chi connectivity index (χ1) is 10.1. The van der Waals surface area contributed by atoms with E-state index >= 15 is 0 Å². The van der Waals surface area contributed by atoms with Gasteiger partial charge in [-0.05, 0) is 40.5 Å². The van der Waals surface area contributed by atoms with E-state index in [9.17, 15) is 8.42 Å². The molecule has 2 rings (SSSR count). The zero-order valence-corrected chi connectivity index (χ0v) is 13.6. The van der Waals surface area contributed by atoms with Gasteiger partial charge in [-0.3, -0.25) is 0 Å². The van der Waals surface area contributed by atoms with Crippen molar-refractivity contribution >= 4 is 27.4 Å². The number of benzene rings is 1. The maximum absolute atomic E-state index is 12.5. The fraction of sp³-hybridized carbons (Fsp3) is 0.250. The van der Waals surface area contributed by atoms with Crippen molar-refractivity contribution in [1.82, 2.24) is 4.31 Å². The second-order valence-corrected chi connectivity index (χ2v) is 7.32. The standard InChI is InChI=1S/C16H19NO2S2/c1-2-10-17(13-16-8-11-20-14-16)21(18,19)12-9-15-6-4-3-5-7-15/h3-9,11-12,14H,2,10,13H2,1H3/b12-9+. The Morgan fingerprint density at radius 1 is 1.19 bits per heavy atom. The van der Waals surface area contributed by atoms with Gasteiger partial charge in [0.05, 0.1) is 0 Å². The molecule has 0 saturated carbocycles. The van der Waals surface area contributed by atoms with Crippen molar-refractivity contribution in [3.05, 3.63) is 63.7 Å². The lowest BCUT2D eigenvalue weighted by Crippen LogP contribution is -2.29. The Labute approximate surface area is 130 Å². The first kappa shape index (κ1) is 15.9. The zero-order chi connectivity index (χ0) is 15.1. The van der Waals surface area contributed by atoms with E-state index in [1.165, 1.54) is 9.71 Å². The minimum atomic E-state index is -3.40. The van der Waals surface area contributed by atoms with Crippen LogP contribution in [0.25, 0.3) is 6.08 Å². The summed E-state index contributed by atoms with van der Waals surface area (Å²) in [5.74, 6) is 0. The molecule has 0 radical (unpaired) electrons. The van der Waals surface area contributed by atoms with Gasteiger partial charge >= 0.3 is 0 Å². The molecule has 0 fully saturated rings. The highest BCUT2D eigenvalue weighted by molar-refractivity contribution is 7.92. The molecule has 0 spiro atoms. The molecule has 0 aliphatic carbocycles. The molecule has 0 saturated heterocycles. The SMILES string of the molecule is CCCN(Cc1ccsc1)S(=O)(=O)/C=C/c1ccccc1. The molecule has 0 aliphatic rings. The van der Waals surface area contributed by atoms with Gasteiger partial charge in [0.25, 0.3) is 0 Å². The molecular weight excluding hydrogens is 302 g/mol. The van der Waals surface area contributed by atoms with Crippen LogP contribution in [0.1, 0.15) is 24.5 Å². The normalized spacial score (nSPS) is 12.3. The van der Waals surface area contributed by atoms with Gasteiger partial charge in [-0.25, -0.2) is 8.42 Å². The molecule has 1 heterocycles. The second kappa shape index (κ2) is 7.54. The van der Waals surface area contributed by atoms with Crippen LogP contribution in [0.3, 0.4) is 0 Å². The predicted octanol–water partition coefficient (Wildman–Crippen LogP) is 3.96. The summed E-state index contributed by atoms with van der Waals surface area (Å²) in [4.78, 5) is 0. The molecule has 21 heavy (non-hydrogen) atoms. The molecule has 3 nitrogen and oxygen atoms in total. The van der Waals surface area contributed by atoms with E-state index < -0.39 is 10.0 Å². The summed E-state index contributed by atoms with van der Waals surface area (Å²) in [7, 11) is -3.40. The lowest BCUT2D eigenvalue weighted by molar-refractivity contribution is 0.412. The van der Waals surface area contributed by atoms with Crippen molar-refractivity contribution < 1.29 is 8.42 Å². The molecule has 0 atom stereocenters.